The van der Waals surface area contributed by atoms with Crippen molar-refractivity contribution in [1.29, 1.82) is 0 Å². The lowest BCUT2D eigenvalue weighted by Crippen LogP contribution is -2.31. The lowest BCUT2D eigenvalue weighted by atomic mass is 9.91. The second-order valence-corrected chi connectivity index (χ2v) is 7.57. The van der Waals surface area contributed by atoms with E-state index in [-0.39, 0.29) is 0 Å². The van der Waals surface area contributed by atoms with Gasteiger partial charge in [-0.3, -0.25) is 4.79 Å². The van der Waals surface area contributed by atoms with Gasteiger partial charge in [0.25, 0.3) is 0 Å². The summed E-state index contributed by atoms with van der Waals surface area (Å²) in [7, 11) is 1.68. The van der Waals surface area contributed by atoms with Crippen molar-refractivity contribution in [3.05, 3.63) is 69.7 Å². The van der Waals surface area contributed by atoms with E-state index in [4.69, 9.17) is 5.73 Å². The van der Waals surface area contributed by atoms with Crippen molar-refractivity contribution in [3.63, 3.8) is 0 Å². The SMILES string of the molecule is CCOC.Nc1ccc(Br)cc1C1=CC(c2ccc(C(F)(F)F)cc2)N(C=O)CC1. The highest BCUT2D eigenvalue weighted by Gasteiger charge is 2.31. The summed E-state index contributed by atoms with van der Waals surface area (Å²) in [6.07, 6.45) is -1.16. The number of methoxy groups -OCH3 is 1. The van der Waals surface area contributed by atoms with Crippen molar-refractivity contribution in [2.24, 2.45) is 0 Å². The first kappa shape index (κ1) is 24.0. The minimum Gasteiger partial charge on any atom is -0.398 e. The maximum Gasteiger partial charge on any atom is 0.416 e. The zero-order valence-corrected chi connectivity index (χ0v) is 18.3. The average molecular weight is 485 g/mol. The largest absolute Gasteiger partial charge is 0.416 e. The number of carbonyl (C=O) groups is 1. The predicted molar refractivity (Wildman–Crippen MR) is 116 cm³/mol. The molecule has 1 unspecified atom stereocenters. The van der Waals surface area contributed by atoms with Gasteiger partial charge in [0.05, 0.1) is 11.6 Å². The molecule has 1 atom stereocenters. The van der Waals surface area contributed by atoms with Crippen LogP contribution in [0.4, 0.5) is 18.9 Å². The fourth-order valence-electron chi connectivity index (χ4n) is 3.06. The summed E-state index contributed by atoms with van der Waals surface area (Å²) >= 11 is 3.42. The van der Waals surface area contributed by atoms with Gasteiger partial charge < -0.3 is 15.4 Å². The predicted octanol–water partition coefficient (Wildman–Crippen LogP) is 5.69. The maximum absolute atomic E-state index is 12.8. The molecule has 0 radical (unpaired) electrons. The second-order valence-electron chi connectivity index (χ2n) is 6.66. The number of nitrogen functional groups attached to an aromatic ring is 1. The fraction of sp³-hybridized carbons (Fsp3) is 0.318. The van der Waals surface area contributed by atoms with Crippen LogP contribution >= 0.6 is 15.9 Å². The topological polar surface area (TPSA) is 55.6 Å². The first-order chi connectivity index (χ1) is 14.2. The van der Waals surface area contributed by atoms with E-state index in [0.29, 0.717) is 24.2 Å². The van der Waals surface area contributed by atoms with E-state index in [9.17, 15) is 18.0 Å². The summed E-state index contributed by atoms with van der Waals surface area (Å²) in [5.74, 6) is 0. The highest BCUT2D eigenvalue weighted by atomic mass is 79.9. The van der Waals surface area contributed by atoms with Crippen LogP contribution < -0.4 is 5.73 Å². The number of nitrogens with two attached hydrogens (primary N) is 1. The van der Waals surface area contributed by atoms with Crippen molar-refractivity contribution in [3.8, 4) is 0 Å². The van der Waals surface area contributed by atoms with Crippen LogP contribution in [0.15, 0.2) is 53.0 Å². The summed E-state index contributed by atoms with van der Waals surface area (Å²) in [6, 6.07) is 9.99. The minimum atomic E-state index is -4.39. The standard InChI is InChI=1S/C19H16BrF3N2O.C3H8O/c20-15-5-6-17(24)16(10-15)13-7-8-25(11-26)18(9-13)12-1-3-14(4-2-12)19(21,22)23;1-3-4-2/h1-6,9-11,18H,7-8,24H2;3H2,1-2H3. The number of anilines is 1. The van der Waals surface area contributed by atoms with Gasteiger partial charge >= 0.3 is 6.18 Å². The number of hydrogen-bond donors (Lipinski definition) is 1. The van der Waals surface area contributed by atoms with Gasteiger partial charge in [0.2, 0.25) is 6.41 Å². The minimum absolute atomic E-state index is 0.433. The van der Waals surface area contributed by atoms with E-state index in [1.165, 1.54) is 12.1 Å². The van der Waals surface area contributed by atoms with Crippen molar-refractivity contribution < 1.29 is 22.7 Å². The lowest BCUT2D eigenvalue weighted by molar-refractivity contribution is -0.137. The molecule has 0 bridgehead atoms. The summed E-state index contributed by atoms with van der Waals surface area (Å²) in [4.78, 5) is 13.0. The Bertz CT molecular complexity index is 881. The van der Waals surface area contributed by atoms with E-state index >= 15 is 0 Å². The van der Waals surface area contributed by atoms with Gasteiger partial charge in [0.1, 0.15) is 0 Å². The molecule has 3 rings (SSSR count). The number of alkyl halides is 3. The molecule has 0 aliphatic carbocycles. The van der Waals surface area contributed by atoms with Gasteiger partial charge in [0.15, 0.2) is 0 Å². The fourth-order valence-corrected chi connectivity index (χ4v) is 3.43. The van der Waals surface area contributed by atoms with E-state index in [1.54, 1.807) is 18.1 Å². The smallest absolute Gasteiger partial charge is 0.398 e. The molecule has 30 heavy (non-hydrogen) atoms. The quantitative estimate of drug-likeness (QED) is 0.447. The molecule has 0 saturated carbocycles. The van der Waals surface area contributed by atoms with Crippen molar-refractivity contribution in [2.45, 2.75) is 25.6 Å². The van der Waals surface area contributed by atoms with Gasteiger partial charge in [-0.2, -0.15) is 13.2 Å². The number of ether oxygens (including phenoxy) is 1. The zero-order valence-electron chi connectivity index (χ0n) is 16.7. The van der Waals surface area contributed by atoms with Crippen LogP contribution in [0.2, 0.25) is 0 Å². The molecule has 2 N–H and O–H groups in total. The van der Waals surface area contributed by atoms with Gasteiger partial charge in [-0.05, 0) is 54.8 Å². The Kier molecular flexibility index (Phi) is 8.49. The van der Waals surface area contributed by atoms with Crippen LogP contribution in [0.3, 0.4) is 0 Å². The van der Waals surface area contributed by atoms with Crippen molar-refractivity contribution in [1.82, 2.24) is 4.90 Å². The van der Waals surface area contributed by atoms with Gasteiger partial charge in [0, 0.05) is 36.0 Å². The van der Waals surface area contributed by atoms with Crippen molar-refractivity contribution >= 4 is 33.6 Å². The second kappa shape index (κ2) is 10.6. The molecule has 2 aromatic carbocycles. The molecule has 4 nitrogen and oxygen atoms in total. The number of benzene rings is 2. The summed E-state index contributed by atoms with van der Waals surface area (Å²) in [5, 5.41) is 0. The van der Waals surface area contributed by atoms with Crippen LogP contribution in [-0.4, -0.2) is 31.6 Å². The number of rotatable bonds is 4. The van der Waals surface area contributed by atoms with Crippen molar-refractivity contribution in [2.75, 3.05) is 26.0 Å². The Morgan fingerprint density at radius 2 is 1.87 bits per heavy atom. The number of nitrogens with zero attached hydrogens (tertiary/aromatic N) is 1. The maximum atomic E-state index is 12.8. The number of hydrogen-bond acceptors (Lipinski definition) is 3. The molecule has 162 valence electrons. The molecule has 2 aromatic rings. The third-order valence-electron chi connectivity index (χ3n) is 4.72. The number of halogens is 4. The molecule has 1 heterocycles. The molecule has 1 amide bonds. The summed E-state index contributed by atoms with van der Waals surface area (Å²) < 4.78 is 43.7. The third kappa shape index (κ3) is 6.09. The van der Waals surface area contributed by atoms with Gasteiger partial charge in [-0.1, -0.05) is 34.1 Å². The Morgan fingerprint density at radius 3 is 2.40 bits per heavy atom. The van der Waals surface area contributed by atoms with Gasteiger partial charge in [-0.15, -0.1) is 0 Å². The molecule has 1 aliphatic heterocycles. The van der Waals surface area contributed by atoms with E-state index in [1.807, 2.05) is 25.1 Å². The summed E-state index contributed by atoms with van der Waals surface area (Å²) in [5.41, 5.74) is 8.42. The molecular weight excluding hydrogens is 461 g/mol. The van der Waals surface area contributed by atoms with Crippen LogP contribution in [0.5, 0.6) is 0 Å². The molecule has 0 fully saturated rings. The van der Waals surface area contributed by atoms with E-state index in [0.717, 1.165) is 40.8 Å². The van der Waals surface area contributed by atoms with Crippen LogP contribution in [0.1, 0.15) is 36.1 Å². The lowest BCUT2D eigenvalue weighted by Gasteiger charge is -2.32. The Labute approximate surface area is 182 Å². The average Bonchev–Trinajstić information content (AvgIpc) is 2.74. The molecular formula is C22H24BrF3N2O2. The van der Waals surface area contributed by atoms with Gasteiger partial charge in [-0.25, -0.2) is 0 Å². The molecule has 1 aliphatic rings. The van der Waals surface area contributed by atoms with E-state index in [2.05, 4.69) is 20.7 Å². The van der Waals surface area contributed by atoms with Crippen LogP contribution in [0.25, 0.3) is 5.57 Å². The first-order valence-electron chi connectivity index (χ1n) is 9.34. The molecule has 0 saturated heterocycles. The summed E-state index contributed by atoms with van der Waals surface area (Å²) in [6.45, 7) is 3.24. The highest BCUT2D eigenvalue weighted by molar-refractivity contribution is 9.10. The zero-order chi connectivity index (χ0) is 22.3. The Balaban J connectivity index is 0.000000735. The number of carbonyl (C=O) groups excluding carboxylic acids is 1. The Morgan fingerprint density at radius 1 is 1.23 bits per heavy atom. The molecule has 8 heteroatoms. The van der Waals surface area contributed by atoms with Crippen LogP contribution in [-0.2, 0) is 15.7 Å². The monoisotopic (exact) mass is 484 g/mol. The molecule has 0 spiro atoms. The first-order valence-corrected chi connectivity index (χ1v) is 10.1. The van der Waals surface area contributed by atoms with Crippen LogP contribution in [0, 0.1) is 0 Å². The molecule has 0 aromatic heterocycles. The highest BCUT2D eigenvalue weighted by Crippen LogP contribution is 2.37. The Hall–Kier alpha value is -2.32. The third-order valence-corrected chi connectivity index (χ3v) is 5.21. The normalized spacial score (nSPS) is 16.4. The van der Waals surface area contributed by atoms with E-state index < -0.39 is 17.8 Å². The number of amides is 1.